The van der Waals surface area contributed by atoms with Crippen LogP contribution in [0.25, 0.3) is 11.3 Å². The van der Waals surface area contributed by atoms with Gasteiger partial charge in [0.25, 0.3) is 0 Å². The van der Waals surface area contributed by atoms with Crippen molar-refractivity contribution in [3.63, 3.8) is 0 Å². The number of nitrogens with one attached hydrogen (secondary N) is 1. The molecule has 1 aromatic heterocycles. The molecule has 0 radical (unpaired) electrons. The lowest BCUT2D eigenvalue weighted by Gasteiger charge is -2.13. The Kier molecular flexibility index (Phi) is 3.54. The summed E-state index contributed by atoms with van der Waals surface area (Å²) < 4.78 is 6.37. The van der Waals surface area contributed by atoms with E-state index in [1.54, 1.807) is 0 Å². The molecule has 0 bridgehead atoms. The topological polar surface area (TPSA) is 37.9 Å². The lowest BCUT2D eigenvalue weighted by Crippen LogP contribution is -2.06. The molecule has 2 aromatic rings. The van der Waals surface area contributed by atoms with E-state index in [1.807, 2.05) is 50.2 Å². The van der Waals surface area contributed by atoms with E-state index in [1.165, 1.54) is 0 Å². The highest BCUT2D eigenvalue weighted by atomic mass is 32.1. The number of ether oxygens (including phenoxy) is 1. The van der Waals surface area contributed by atoms with Crippen molar-refractivity contribution in [2.45, 2.75) is 20.0 Å². The first kappa shape index (κ1) is 11.8. The smallest absolute Gasteiger partial charge is 0.129 e. The third kappa shape index (κ3) is 2.91. The Hall–Kier alpha value is -1.68. The molecule has 0 saturated heterocycles. The number of benzene rings is 1. The van der Waals surface area contributed by atoms with Gasteiger partial charge in [-0.05, 0) is 38.1 Å². The van der Waals surface area contributed by atoms with Gasteiger partial charge in [0.05, 0.1) is 11.8 Å². The fourth-order valence-corrected chi connectivity index (χ4v) is 1.64. The number of aromatic nitrogens is 2. The highest BCUT2D eigenvalue weighted by molar-refractivity contribution is 7.71. The predicted molar refractivity (Wildman–Crippen MR) is 70.6 cm³/mol. The van der Waals surface area contributed by atoms with Gasteiger partial charge in [0.2, 0.25) is 0 Å². The van der Waals surface area contributed by atoms with Crippen molar-refractivity contribution in [1.82, 2.24) is 10.2 Å². The first-order valence-corrected chi connectivity index (χ1v) is 5.89. The summed E-state index contributed by atoms with van der Waals surface area (Å²) in [6.07, 6.45) is 0.137. The average Bonchev–Trinajstić information content (AvgIpc) is 2.30. The molecule has 1 heterocycles. The molecular formula is C13H14N2OS. The SMILES string of the molecule is CC(C)Oc1ccccc1-c1ccc(=S)[nH]n1. The van der Waals surface area contributed by atoms with Crippen molar-refractivity contribution in [1.29, 1.82) is 0 Å². The molecule has 0 spiro atoms. The largest absolute Gasteiger partial charge is 0.490 e. The summed E-state index contributed by atoms with van der Waals surface area (Å²) in [4.78, 5) is 0. The molecule has 0 saturated carbocycles. The standard InChI is InChI=1S/C13H14N2OS/c1-9(2)16-12-6-4-3-5-10(12)11-7-8-13(17)15-14-11/h3-9H,1-2H3,(H,15,17). The second-order valence-electron chi connectivity index (χ2n) is 3.97. The second kappa shape index (κ2) is 5.10. The van der Waals surface area contributed by atoms with E-state index in [-0.39, 0.29) is 6.10 Å². The van der Waals surface area contributed by atoms with Crippen LogP contribution in [0.4, 0.5) is 0 Å². The molecule has 0 fully saturated rings. The fourth-order valence-electron chi connectivity index (χ4n) is 1.53. The van der Waals surface area contributed by atoms with E-state index < -0.39 is 0 Å². The zero-order valence-electron chi connectivity index (χ0n) is 9.81. The van der Waals surface area contributed by atoms with Gasteiger partial charge in [-0.2, -0.15) is 5.10 Å². The molecule has 0 amide bonds. The average molecular weight is 246 g/mol. The summed E-state index contributed by atoms with van der Waals surface area (Å²) in [5.41, 5.74) is 1.79. The predicted octanol–water partition coefficient (Wildman–Crippen LogP) is 3.59. The Morgan fingerprint density at radius 2 is 1.94 bits per heavy atom. The van der Waals surface area contributed by atoms with E-state index in [0.717, 1.165) is 17.0 Å². The van der Waals surface area contributed by atoms with Gasteiger partial charge in [-0.15, -0.1) is 0 Å². The summed E-state index contributed by atoms with van der Waals surface area (Å²) >= 11 is 4.98. The van der Waals surface area contributed by atoms with E-state index in [4.69, 9.17) is 17.0 Å². The van der Waals surface area contributed by atoms with Crippen LogP contribution in [0.15, 0.2) is 36.4 Å². The van der Waals surface area contributed by atoms with Gasteiger partial charge in [-0.1, -0.05) is 24.4 Å². The van der Waals surface area contributed by atoms with Crippen molar-refractivity contribution in [3.05, 3.63) is 41.0 Å². The van der Waals surface area contributed by atoms with E-state index in [0.29, 0.717) is 4.64 Å². The Labute approximate surface area is 105 Å². The third-order valence-corrected chi connectivity index (χ3v) is 2.43. The Morgan fingerprint density at radius 3 is 2.59 bits per heavy atom. The number of hydrogen-bond donors (Lipinski definition) is 1. The molecule has 3 nitrogen and oxygen atoms in total. The summed E-state index contributed by atoms with van der Waals surface area (Å²) in [5, 5.41) is 7.00. The van der Waals surface area contributed by atoms with Gasteiger partial charge in [-0.25, -0.2) is 0 Å². The van der Waals surface area contributed by atoms with Gasteiger partial charge < -0.3 is 4.74 Å². The van der Waals surface area contributed by atoms with Crippen molar-refractivity contribution < 1.29 is 4.74 Å². The molecule has 4 heteroatoms. The van der Waals surface area contributed by atoms with Crippen LogP contribution >= 0.6 is 12.2 Å². The van der Waals surface area contributed by atoms with Crippen LogP contribution < -0.4 is 4.74 Å². The van der Waals surface area contributed by atoms with Crippen LogP contribution in [0.2, 0.25) is 0 Å². The molecule has 1 aromatic carbocycles. The van der Waals surface area contributed by atoms with Crippen molar-refractivity contribution in [2.24, 2.45) is 0 Å². The minimum absolute atomic E-state index is 0.137. The van der Waals surface area contributed by atoms with Gasteiger partial charge in [0, 0.05) is 5.56 Å². The lowest BCUT2D eigenvalue weighted by atomic mass is 10.1. The first-order valence-electron chi connectivity index (χ1n) is 5.48. The maximum absolute atomic E-state index is 5.75. The summed E-state index contributed by atoms with van der Waals surface area (Å²) in [7, 11) is 0. The highest BCUT2D eigenvalue weighted by Crippen LogP contribution is 2.28. The zero-order valence-corrected chi connectivity index (χ0v) is 10.6. The van der Waals surface area contributed by atoms with Crippen molar-refractivity contribution >= 4 is 12.2 Å². The Morgan fingerprint density at radius 1 is 1.18 bits per heavy atom. The molecule has 0 aliphatic heterocycles. The summed E-state index contributed by atoms with van der Waals surface area (Å²) in [6.45, 7) is 4.01. The van der Waals surface area contributed by atoms with Crippen LogP contribution in [0, 0.1) is 4.64 Å². The maximum atomic E-state index is 5.75. The molecule has 0 aliphatic rings. The molecule has 88 valence electrons. The highest BCUT2D eigenvalue weighted by Gasteiger charge is 2.07. The zero-order chi connectivity index (χ0) is 12.3. The molecular weight excluding hydrogens is 232 g/mol. The van der Waals surface area contributed by atoms with Crippen LogP contribution in [0.1, 0.15) is 13.8 Å². The van der Waals surface area contributed by atoms with Crippen LogP contribution in [-0.4, -0.2) is 16.3 Å². The first-order chi connectivity index (χ1) is 8.16. The monoisotopic (exact) mass is 246 g/mol. The van der Waals surface area contributed by atoms with Crippen LogP contribution in [-0.2, 0) is 0 Å². The molecule has 0 aliphatic carbocycles. The molecule has 1 N–H and O–H groups in total. The number of aromatic amines is 1. The third-order valence-electron chi connectivity index (χ3n) is 2.20. The number of para-hydroxylation sites is 1. The van der Waals surface area contributed by atoms with E-state index >= 15 is 0 Å². The van der Waals surface area contributed by atoms with Crippen LogP contribution in [0.5, 0.6) is 5.75 Å². The number of nitrogens with zero attached hydrogens (tertiary/aromatic N) is 1. The number of rotatable bonds is 3. The number of H-pyrrole nitrogens is 1. The fraction of sp³-hybridized carbons (Fsp3) is 0.231. The van der Waals surface area contributed by atoms with Crippen LogP contribution in [0.3, 0.4) is 0 Å². The summed E-state index contributed by atoms with van der Waals surface area (Å²) in [6, 6.07) is 11.6. The molecule has 17 heavy (non-hydrogen) atoms. The van der Waals surface area contributed by atoms with Crippen molar-refractivity contribution in [2.75, 3.05) is 0 Å². The molecule has 0 unspecified atom stereocenters. The molecule has 0 atom stereocenters. The molecule has 2 rings (SSSR count). The maximum Gasteiger partial charge on any atom is 0.129 e. The second-order valence-corrected chi connectivity index (χ2v) is 4.41. The normalized spacial score (nSPS) is 10.5. The minimum atomic E-state index is 0.137. The van der Waals surface area contributed by atoms with Gasteiger partial charge in [0.1, 0.15) is 10.4 Å². The quantitative estimate of drug-likeness (QED) is 0.841. The lowest BCUT2D eigenvalue weighted by molar-refractivity contribution is 0.243. The number of hydrogen-bond acceptors (Lipinski definition) is 3. The van der Waals surface area contributed by atoms with Gasteiger partial charge in [0.15, 0.2) is 0 Å². The Balaban J connectivity index is 2.44. The van der Waals surface area contributed by atoms with E-state index in [9.17, 15) is 0 Å². The van der Waals surface area contributed by atoms with E-state index in [2.05, 4.69) is 10.2 Å². The Bertz CT molecular complexity index is 543. The van der Waals surface area contributed by atoms with Gasteiger partial charge in [-0.3, -0.25) is 5.10 Å². The van der Waals surface area contributed by atoms with Crippen molar-refractivity contribution in [3.8, 4) is 17.0 Å². The van der Waals surface area contributed by atoms with Gasteiger partial charge >= 0.3 is 0 Å². The minimum Gasteiger partial charge on any atom is -0.490 e. The summed E-state index contributed by atoms with van der Waals surface area (Å²) in [5.74, 6) is 0.834.